The van der Waals surface area contributed by atoms with Crippen LogP contribution >= 0.6 is 0 Å². The zero-order chi connectivity index (χ0) is 15.4. The number of anilines is 1. The zero-order valence-electron chi connectivity index (χ0n) is 13.3. The molecule has 2 aromatic carbocycles. The minimum Gasteiger partial charge on any atom is -0.352 e. The highest BCUT2D eigenvalue weighted by atomic mass is 15.2. The molecule has 0 saturated heterocycles. The lowest BCUT2D eigenvalue weighted by Crippen LogP contribution is -2.08. The molecular weight excluding hydrogens is 270 g/mol. The minimum absolute atomic E-state index is 0.801. The van der Waals surface area contributed by atoms with E-state index in [4.69, 9.17) is 4.98 Å². The van der Waals surface area contributed by atoms with Crippen molar-refractivity contribution in [3.8, 4) is 0 Å². The monoisotopic (exact) mass is 293 g/mol. The molecular formula is C19H23N3. The first kappa shape index (κ1) is 14.6. The summed E-state index contributed by atoms with van der Waals surface area (Å²) in [5, 5.41) is 3.50. The van der Waals surface area contributed by atoms with Gasteiger partial charge in [-0.3, -0.25) is 0 Å². The van der Waals surface area contributed by atoms with Gasteiger partial charge in [-0.25, -0.2) is 4.98 Å². The van der Waals surface area contributed by atoms with Crippen LogP contribution in [0.1, 0.15) is 30.9 Å². The van der Waals surface area contributed by atoms with E-state index in [1.807, 2.05) is 6.07 Å². The maximum absolute atomic E-state index is 4.75. The van der Waals surface area contributed by atoms with Crippen molar-refractivity contribution >= 4 is 17.0 Å². The third kappa shape index (κ3) is 3.14. The van der Waals surface area contributed by atoms with E-state index in [9.17, 15) is 0 Å². The molecule has 114 valence electrons. The fraction of sp³-hybridized carbons (Fsp3) is 0.316. The number of hydrogen-bond acceptors (Lipinski definition) is 2. The van der Waals surface area contributed by atoms with Gasteiger partial charge in [0.1, 0.15) is 0 Å². The van der Waals surface area contributed by atoms with Crippen molar-refractivity contribution < 1.29 is 0 Å². The number of fused-ring (bicyclic) bond motifs is 1. The first-order valence-corrected chi connectivity index (χ1v) is 8.02. The van der Waals surface area contributed by atoms with E-state index in [-0.39, 0.29) is 0 Å². The molecule has 0 aliphatic carbocycles. The predicted molar refractivity (Wildman–Crippen MR) is 93.1 cm³/mol. The van der Waals surface area contributed by atoms with Crippen LogP contribution in [0.2, 0.25) is 0 Å². The number of imidazole rings is 1. The van der Waals surface area contributed by atoms with Gasteiger partial charge in [0.25, 0.3) is 0 Å². The number of hydrogen-bond donors (Lipinski definition) is 1. The van der Waals surface area contributed by atoms with Gasteiger partial charge in [-0.2, -0.15) is 0 Å². The third-order valence-electron chi connectivity index (χ3n) is 3.96. The topological polar surface area (TPSA) is 29.9 Å². The summed E-state index contributed by atoms with van der Waals surface area (Å²) in [7, 11) is 0. The van der Waals surface area contributed by atoms with Crippen molar-refractivity contribution in [1.29, 1.82) is 0 Å². The number of benzene rings is 2. The van der Waals surface area contributed by atoms with Gasteiger partial charge in [0, 0.05) is 13.1 Å². The summed E-state index contributed by atoms with van der Waals surface area (Å²) in [5.41, 5.74) is 4.84. The lowest BCUT2D eigenvalue weighted by Gasteiger charge is -2.10. The Balaban J connectivity index is 1.83. The van der Waals surface area contributed by atoms with Crippen molar-refractivity contribution in [2.45, 2.75) is 39.8 Å². The molecule has 1 N–H and O–H groups in total. The quantitative estimate of drug-likeness (QED) is 0.710. The van der Waals surface area contributed by atoms with Crippen molar-refractivity contribution in [3.05, 3.63) is 59.7 Å². The van der Waals surface area contributed by atoms with Crippen LogP contribution in [-0.4, -0.2) is 9.55 Å². The Hall–Kier alpha value is -2.29. The summed E-state index contributed by atoms with van der Waals surface area (Å²) >= 11 is 0. The number of nitrogens with one attached hydrogen (secondary N) is 1. The largest absolute Gasteiger partial charge is 0.352 e. The van der Waals surface area contributed by atoms with Crippen LogP contribution in [0, 0.1) is 6.92 Å². The molecule has 3 heteroatoms. The molecule has 0 atom stereocenters. The summed E-state index contributed by atoms with van der Waals surface area (Å²) in [5.74, 6) is 0.968. The van der Waals surface area contributed by atoms with Gasteiger partial charge in [0.15, 0.2) is 0 Å². The van der Waals surface area contributed by atoms with E-state index in [0.29, 0.717) is 0 Å². The molecule has 0 amide bonds. The SMILES string of the molecule is CCCCn1c(NCc2ccc(C)cc2)nc2ccccc21. The smallest absolute Gasteiger partial charge is 0.204 e. The van der Waals surface area contributed by atoms with Crippen LogP contribution in [0.3, 0.4) is 0 Å². The predicted octanol–water partition coefficient (Wildman–Crippen LogP) is 4.76. The molecule has 1 aromatic heterocycles. The van der Waals surface area contributed by atoms with E-state index in [2.05, 4.69) is 66.2 Å². The summed E-state index contributed by atoms with van der Waals surface area (Å²) < 4.78 is 2.30. The van der Waals surface area contributed by atoms with Crippen LogP contribution in [0.25, 0.3) is 11.0 Å². The Morgan fingerprint density at radius 3 is 2.59 bits per heavy atom. The van der Waals surface area contributed by atoms with Gasteiger partial charge in [-0.05, 0) is 31.0 Å². The number of aryl methyl sites for hydroxylation is 2. The van der Waals surface area contributed by atoms with E-state index >= 15 is 0 Å². The molecule has 22 heavy (non-hydrogen) atoms. The highest BCUT2D eigenvalue weighted by Crippen LogP contribution is 2.21. The number of nitrogens with zero attached hydrogens (tertiary/aromatic N) is 2. The molecule has 0 spiro atoms. The number of aromatic nitrogens is 2. The van der Waals surface area contributed by atoms with Crippen molar-refractivity contribution in [1.82, 2.24) is 9.55 Å². The minimum atomic E-state index is 0.801. The molecule has 3 aromatic rings. The Labute approximate surface area is 132 Å². The standard InChI is InChI=1S/C19H23N3/c1-3-4-13-22-18-8-6-5-7-17(18)21-19(22)20-14-16-11-9-15(2)10-12-16/h5-12H,3-4,13-14H2,1-2H3,(H,20,21). The molecule has 0 fully saturated rings. The zero-order valence-corrected chi connectivity index (χ0v) is 13.3. The first-order valence-electron chi connectivity index (χ1n) is 8.02. The molecule has 1 heterocycles. The summed E-state index contributed by atoms with van der Waals surface area (Å²) in [6.07, 6.45) is 2.35. The number of unbranched alkanes of at least 4 members (excludes halogenated alkanes) is 1. The van der Waals surface area contributed by atoms with E-state index in [0.717, 1.165) is 24.6 Å². The fourth-order valence-electron chi connectivity index (χ4n) is 2.64. The van der Waals surface area contributed by atoms with Crippen molar-refractivity contribution in [3.63, 3.8) is 0 Å². The first-order chi connectivity index (χ1) is 10.8. The van der Waals surface area contributed by atoms with E-state index < -0.39 is 0 Å². The molecule has 0 unspecified atom stereocenters. The molecule has 3 nitrogen and oxygen atoms in total. The average Bonchev–Trinajstić information content (AvgIpc) is 2.90. The second-order valence-electron chi connectivity index (χ2n) is 5.77. The lowest BCUT2D eigenvalue weighted by molar-refractivity contribution is 0.649. The molecule has 0 radical (unpaired) electrons. The average molecular weight is 293 g/mol. The number of rotatable bonds is 6. The highest BCUT2D eigenvalue weighted by molar-refractivity contribution is 5.78. The van der Waals surface area contributed by atoms with Gasteiger partial charge < -0.3 is 9.88 Å². The van der Waals surface area contributed by atoms with E-state index in [1.165, 1.54) is 29.5 Å². The van der Waals surface area contributed by atoms with Crippen LogP contribution in [0.4, 0.5) is 5.95 Å². The van der Waals surface area contributed by atoms with Crippen LogP contribution in [0.15, 0.2) is 48.5 Å². The third-order valence-corrected chi connectivity index (χ3v) is 3.96. The maximum atomic E-state index is 4.75. The Morgan fingerprint density at radius 2 is 1.82 bits per heavy atom. The van der Waals surface area contributed by atoms with Gasteiger partial charge in [-0.15, -0.1) is 0 Å². The van der Waals surface area contributed by atoms with Crippen molar-refractivity contribution in [2.75, 3.05) is 5.32 Å². The van der Waals surface area contributed by atoms with Crippen molar-refractivity contribution in [2.24, 2.45) is 0 Å². The van der Waals surface area contributed by atoms with Gasteiger partial charge in [0.05, 0.1) is 11.0 Å². The summed E-state index contributed by atoms with van der Waals surface area (Å²) in [4.78, 5) is 4.75. The molecule has 0 aliphatic heterocycles. The Bertz CT molecular complexity index is 741. The van der Waals surface area contributed by atoms with Crippen LogP contribution in [-0.2, 0) is 13.1 Å². The normalized spacial score (nSPS) is 11.0. The fourth-order valence-corrected chi connectivity index (χ4v) is 2.64. The second-order valence-corrected chi connectivity index (χ2v) is 5.77. The Morgan fingerprint density at radius 1 is 1.05 bits per heavy atom. The summed E-state index contributed by atoms with van der Waals surface area (Å²) in [6.45, 7) is 6.14. The maximum Gasteiger partial charge on any atom is 0.204 e. The lowest BCUT2D eigenvalue weighted by atomic mass is 10.1. The van der Waals surface area contributed by atoms with Crippen LogP contribution < -0.4 is 5.32 Å². The second kappa shape index (κ2) is 6.65. The molecule has 3 rings (SSSR count). The molecule has 0 saturated carbocycles. The molecule has 0 bridgehead atoms. The van der Waals surface area contributed by atoms with E-state index in [1.54, 1.807) is 0 Å². The van der Waals surface area contributed by atoms with Crippen LogP contribution in [0.5, 0.6) is 0 Å². The number of para-hydroxylation sites is 2. The summed E-state index contributed by atoms with van der Waals surface area (Å²) in [6, 6.07) is 17.0. The van der Waals surface area contributed by atoms with Gasteiger partial charge >= 0.3 is 0 Å². The highest BCUT2D eigenvalue weighted by Gasteiger charge is 2.09. The van der Waals surface area contributed by atoms with Gasteiger partial charge in [0.2, 0.25) is 5.95 Å². The Kier molecular flexibility index (Phi) is 4.42. The van der Waals surface area contributed by atoms with Gasteiger partial charge in [-0.1, -0.05) is 55.3 Å². The molecule has 0 aliphatic rings.